The summed E-state index contributed by atoms with van der Waals surface area (Å²) < 4.78 is 5.31. The number of rotatable bonds is 9. The standard InChI is InChI=1S/C18H23N5O4S2/c1-4-23(5-2)15(25)12-8-7-9-13(10-12)19-14(24)11-28-18-22-21-16(29-18)20-17(26)27-6-3/h7-10H,4-6,11H2,1-3H3,(H,19,24)(H,20,21,26). The molecule has 0 fully saturated rings. The molecule has 0 atom stereocenters. The van der Waals surface area contributed by atoms with E-state index >= 15 is 0 Å². The summed E-state index contributed by atoms with van der Waals surface area (Å²) in [6.07, 6.45) is -0.600. The average molecular weight is 438 g/mol. The van der Waals surface area contributed by atoms with Crippen molar-refractivity contribution in [1.82, 2.24) is 15.1 Å². The van der Waals surface area contributed by atoms with Crippen LogP contribution in [0.25, 0.3) is 0 Å². The minimum Gasteiger partial charge on any atom is -0.450 e. The van der Waals surface area contributed by atoms with Gasteiger partial charge in [0.2, 0.25) is 11.0 Å². The number of hydrogen-bond acceptors (Lipinski definition) is 8. The molecule has 0 saturated carbocycles. The fourth-order valence-corrected chi connectivity index (χ4v) is 3.86. The largest absolute Gasteiger partial charge is 0.450 e. The van der Waals surface area contributed by atoms with E-state index in [0.29, 0.717) is 33.8 Å². The number of nitrogens with one attached hydrogen (secondary N) is 2. The van der Waals surface area contributed by atoms with Crippen LogP contribution in [0.3, 0.4) is 0 Å². The fourth-order valence-electron chi connectivity index (χ4n) is 2.32. The highest BCUT2D eigenvalue weighted by molar-refractivity contribution is 8.01. The summed E-state index contributed by atoms with van der Waals surface area (Å²) in [7, 11) is 0. The number of carbonyl (C=O) groups is 3. The molecule has 0 aliphatic heterocycles. The third-order valence-corrected chi connectivity index (χ3v) is 5.63. The van der Waals surface area contributed by atoms with Crippen LogP contribution < -0.4 is 10.6 Å². The van der Waals surface area contributed by atoms with Crippen LogP contribution in [0.2, 0.25) is 0 Å². The van der Waals surface area contributed by atoms with Gasteiger partial charge in [-0.2, -0.15) is 0 Å². The molecule has 2 rings (SSSR count). The van der Waals surface area contributed by atoms with Crippen LogP contribution >= 0.6 is 23.1 Å². The van der Waals surface area contributed by atoms with Gasteiger partial charge in [-0.3, -0.25) is 14.9 Å². The van der Waals surface area contributed by atoms with Gasteiger partial charge in [0.15, 0.2) is 4.34 Å². The molecule has 0 aliphatic rings. The molecular formula is C18H23N5O4S2. The molecule has 1 aromatic carbocycles. The lowest BCUT2D eigenvalue weighted by Crippen LogP contribution is -2.30. The molecule has 2 N–H and O–H groups in total. The summed E-state index contributed by atoms with van der Waals surface area (Å²) in [4.78, 5) is 37.7. The molecule has 1 aromatic heterocycles. The predicted molar refractivity (Wildman–Crippen MR) is 114 cm³/mol. The van der Waals surface area contributed by atoms with Crippen LogP contribution in [0.4, 0.5) is 15.6 Å². The number of ether oxygens (including phenoxy) is 1. The summed E-state index contributed by atoms with van der Waals surface area (Å²) >= 11 is 2.35. The summed E-state index contributed by atoms with van der Waals surface area (Å²) in [5.74, 6) is -0.198. The van der Waals surface area contributed by atoms with Crippen LogP contribution in [-0.2, 0) is 9.53 Å². The Kier molecular flexibility index (Phi) is 8.87. The smallest absolute Gasteiger partial charge is 0.413 e. The predicted octanol–water partition coefficient (Wildman–Crippen LogP) is 3.32. The van der Waals surface area contributed by atoms with Crippen molar-refractivity contribution in [3.63, 3.8) is 0 Å². The second kappa shape index (κ2) is 11.4. The van der Waals surface area contributed by atoms with Gasteiger partial charge in [-0.15, -0.1) is 10.2 Å². The lowest BCUT2D eigenvalue weighted by Gasteiger charge is -2.19. The van der Waals surface area contributed by atoms with Gasteiger partial charge in [0.25, 0.3) is 5.91 Å². The first-order chi connectivity index (χ1) is 14.0. The molecule has 0 radical (unpaired) electrons. The number of benzene rings is 1. The highest BCUT2D eigenvalue weighted by Crippen LogP contribution is 2.25. The zero-order valence-electron chi connectivity index (χ0n) is 16.4. The van der Waals surface area contributed by atoms with Crippen molar-refractivity contribution in [3.8, 4) is 0 Å². The molecule has 156 valence electrons. The van der Waals surface area contributed by atoms with Crippen molar-refractivity contribution in [1.29, 1.82) is 0 Å². The minimum absolute atomic E-state index is 0.0732. The van der Waals surface area contributed by atoms with Crippen molar-refractivity contribution in [2.75, 3.05) is 36.1 Å². The van der Waals surface area contributed by atoms with E-state index in [2.05, 4.69) is 20.8 Å². The Hall–Kier alpha value is -2.66. The van der Waals surface area contributed by atoms with Crippen LogP contribution in [0.15, 0.2) is 28.6 Å². The first-order valence-electron chi connectivity index (χ1n) is 9.06. The molecule has 3 amide bonds. The van der Waals surface area contributed by atoms with Crippen molar-refractivity contribution in [2.45, 2.75) is 25.1 Å². The lowest BCUT2D eigenvalue weighted by molar-refractivity contribution is -0.113. The average Bonchev–Trinajstić information content (AvgIpc) is 3.15. The van der Waals surface area contributed by atoms with Crippen LogP contribution in [0, 0.1) is 0 Å². The number of hydrogen-bond donors (Lipinski definition) is 2. The van der Waals surface area contributed by atoms with E-state index in [0.717, 1.165) is 11.3 Å². The molecule has 29 heavy (non-hydrogen) atoms. The van der Waals surface area contributed by atoms with Gasteiger partial charge < -0.3 is 15.0 Å². The van der Waals surface area contributed by atoms with Gasteiger partial charge in [0, 0.05) is 24.3 Å². The number of aromatic nitrogens is 2. The number of nitrogens with zero attached hydrogens (tertiary/aromatic N) is 3. The number of carbonyl (C=O) groups excluding carboxylic acids is 3. The van der Waals surface area contributed by atoms with Gasteiger partial charge in [-0.25, -0.2) is 4.79 Å². The molecule has 9 nitrogen and oxygen atoms in total. The van der Waals surface area contributed by atoms with E-state index in [1.165, 1.54) is 11.8 Å². The molecule has 1 heterocycles. The molecule has 0 saturated heterocycles. The zero-order valence-corrected chi connectivity index (χ0v) is 18.1. The van der Waals surface area contributed by atoms with E-state index in [9.17, 15) is 14.4 Å². The van der Waals surface area contributed by atoms with Crippen molar-refractivity contribution < 1.29 is 19.1 Å². The quantitative estimate of drug-likeness (QED) is 0.457. The monoisotopic (exact) mass is 437 g/mol. The SMILES string of the molecule is CCOC(=O)Nc1nnc(SCC(=O)Nc2cccc(C(=O)N(CC)CC)c2)s1. The maximum Gasteiger partial charge on any atom is 0.413 e. The minimum atomic E-state index is -0.600. The van der Waals surface area contributed by atoms with Crippen molar-refractivity contribution >= 4 is 51.8 Å². The third kappa shape index (κ3) is 7.02. The van der Waals surface area contributed by atoms with E-state index in [1.807, 2.05) is 13.8 Å². The van der Waals surface area contributed by atoms with Crippen LogP contribution in [0.5, 0.6) is 0 Å². The van der Waals surface area contributed by atoms with E-state index in [1.54, 1.807) is 36.1 Å². The Morgan fingerprint density at radius 3 is 2.59 bits per heavy atom. The maximum atomic E-state index is 12.4. The molecule has 0 aliphatic carbocycles. The summed E-state index contributed by atoms with van der Waals surface area (Å²) in [5.41, 5.74) is 1.08. The normalized spacial score (nSPS) is 10.3. The van der Waals surface area contributed by atoms with E-state index in [4.69, 9.17) is 4.74 Å². The summed E-state index contributed by atoms with van der Waals surface area (Å²) in [6, 6.07) is 6.85. The van der Waals surface area contributed by atoms with Gasteiger partial charge in [-0.1, -0.05) is 29.2 Å². The third-order valence-electron chi connectivity index (χ3n) is 3.66. The zero-order chi connectivity index (χ0) is 21.2. The van der Waals surface area contributed by atoms with E-state index < -0.39 is 6.09 Å². The van der Waals surface area contributed by atoms with Crippen molar-refractivity contribution in [3.05, 3.63) is 29.8 Å². The Morgan fingerprint density at radius 1 is 1.14 bits per heavy atom. The molecule has 11 heteroatoms. The van der Waals surface area contributed by atoms with E-state index in [-0.39, 0.29) is 24.2 Å². The topological polar surface area (TPSA) is 114 Å². The van der Waals surface area contributed by atoms with Gasteiger partial charge >= 0.3 is 6.09 Å². The maximum absolute atomic E-state index is 12.4. The number of amides is 3. The van der Waals surface area contributed by atoms with Gasteiger partial charge in [-0.05, 0) is 39.0 Å². The van der Waals surface area contributed by atoms with Crippen LogP contribution in [0.1, 0.15) is 31.1 Å². The molecule has 0 bridgehead atoms. The Bertz CT molecular complexity index is 854. The van der Waals surface area contributed by atoms with Gasteiger partial charge in [0.1, 0.15) is 0 Å². The Labute approximate surface area is 177 Å². The molecule has 0 unspecified atom stereocenters. The van der Waals surface area contributed by atoms with Crippen molar-refractivity contribution in [2.24, 2.45) is 0 Å². The highest BCUT2D eigenvalue weighted by Gasteiger charge is 2.14. The second-order valence-corrected chi connectivity index (χ2v) is 7.81. The van der Waals surface area contributed by atoms with Crippen LogP contribution in [-0.4, -0.2) is 58.5 Å². The summed E-state index contributed by atoms with van der Waals surface area (Å²) in [5, 5.41) is 13.3. The molecule has 2 aromatic rings. The summed E-state index contributed by atoms with van der Waals surface area (Å²) in [6.45, 7) is 7.05. The first kappa shape index (κ1) is 22.6. The second-order valence-electron chi connectivity index (χ2n) is 5.61. The lowest BCUT2D eigenvalue weighted by atomic mass is 10.1. The van der Waals surface area contributed by atoms with Gasteiger partial charge in [0.05, 0.1) is 12.4 Å². The number of thioether (sulfide) groups is 1. The highest BCUT2D eigenvalue weighted by atomic mass is 32.2. The first-order valence-corrected chi connectivity index (χ1v) is 10.9. The number of anilines is 2. The Balaban J connectivity index is 1.88. The molecular weight excluding hydrogens is 414 g/mol. The fraction of sp³-hybridized carbons (Fsp3) is 0.389. The molecule has 0 spiro atoms. The Morgan fingerprint density at radius 2 is 1.90 bits per heavy atom.